The number of nitrogens with zero attached hydrogens (tertiary/aromatic N) is 2. The Morgan fingerprint density at radius 1 is 1.27 bits per heavy atom. The third-order valence-electron chi connectivity index (χ3n) is 7.70. The second-order valence-electron chi connectivity index (χ2n) is 9.72. The molecule has 1 aromatic carbocycles. The molecule has 2 saturated heterocycles. The number of hydrogen-bond donors (Lipinski definition) is 3. The van der Waals surface area contributed by atoms with Gasteiger partial charge in [0.25, 0.3) is 0 Å². The summed E-state index contributed by atoms with van der Waals surface area (Å²) in [5.74, 6) is -2.06. The lowest BCUT2D eigenvalue weighted by Gasteiger charge is -2.46. The number of fused-ring (bicyclic) bond motifs is 1. The van der Waals surface area contributed by atoms with E-state index in [4.69, 9.17) is 0 Å². The Hall–Kier alpha value is -2.71. The molecule has 0 saturated carbocycles. The van der Waals surface area contributed by atoms with Crippen molar-refractivity contribution in [2.45, 2.75) is 58.3 Å². The number of aliphatic hydroxyl groups excluding tert-OH is 1. The average molecular weight is 456 g/mol. The summed E-state index contributed by atoms with van der Waals surface area (Å²) in [4.78, 5) is 40.9. The van der Waals surface area contributed by atoms with Gasteiger partial charge in [0, 0.05) is 26.1 Å². The van der Waals surface area contributed by atoms with Crippen molar-refractivity contribution in [1.29, 1.82) is 0 Å². The highest BCUT2D eigenvalue weighted by Crippen LogP contribution is 2.49. The molecule has 8 heteroatoms. The average Bonchev–Trinajstić information content (AvgIpc) is 3.26. The van der Waals surface area contributed by atoms with Gasteiger partial charge in [0.1, 0.15) is 5.70 Å². The summed E-state index contributed by atoms with van der Waals surface area (Å²) < 4.78 is 0. The molecule has 3 aliphatic rings. The second-order valence-corrected chi connectivity index (χ2v) is 9.72. The number of amides is 2. The van der Waals surface area contributed by atoms with Crippen molar-refractivity contribution in [1.82, 2.24) is 15.1 Å². The first-order chi connectivity index (χ1) is 15.6. The number of carboxylic acids is 1. The summed E-state index contributed by atoms with van der Waals surface area (Å²) in [6.07, 6.45) is 0.338. The first-order valence-corrected chi connectivity index (χ1v) is 11.6. The number of hydrogen-bond acceptors (Lipinski definition) is 5. The highest BCUT2D eigenvalue weighted by molar-refractivity contribution is 6.00. The molecule has 1 aromatic rings. The first-order valence-electron chi connectivity index (χ1n) is 11.6. The van der Waals surface area contributed by atoms with Crippen LogP contribution in [-0.2, 0) is 20.9 Å². The van der Waals surface area contributed by atoms with E-state index in [-0.39, 0.29) is 41.4 Å². The molecular formula is C25H33N3O5. The third-order valence-corrected chi connectivity index (χ3v) is 7.70. The molecule has 3 aliphatic heterocycles. The van der Waals surface area contributed by atoms with Crippen LogP contribution in [0.1, 0.15) is 37.8 Å². The third kappa shape index (κ3) is 3.95. The van der Waals surface area contributed by atoms with E-state index < -0.39 is 18.0 Å². The molecule has 178 valence electrons. The largest absolute Gasteiger partial charge is 0.477 e. The van der Waals surface area contributed by atoms with Crippen molar-refractivity contribution in [3.63, 3.8) is 0 Å². The Morgan fingerprint density at radius 2 is 1.97 bits per heavy atom. The number of nitrogens with one attached hydrogen (secondary N) is 1. The van der Waals surface area contributed by atoms with Crippen LogP contribution in [-0.4, -0.2) is 69.6 Å². The number of aliphatic carboxylic acids is 1. The van der Waals surface area contributed by atoms with Crippen LogP contribution in [0.5, 0.6) is 0 Å². The number of likely N-dealkylation sites (tertiary alicyclic amines) is 1. The summed E-state index contributed by atoms with van der Waals surface area (Å²) >= 11 is 0. The zero-order valence-electron chi connectivity index (χ0n) is 19.6. The van der Waals surface area contributed by atoms with Gasteiger partial charge < -0.3 is 20.4 Å². The number of aliphatic hydroxyl groups is 1. The van der Waals surface area contributed by atoms with E-state index in [1.165, 1.54) is 16.0 Å². The van der Waals surface area contributed by atoms with Gasteiger partial charge in [-0.25, -0.2) is 4.79 Å². The van der Waals surface area contributed by atoms with Gasteiger partial charge >= 0.3 is 5.97 Å². The van der Waals surface area contributed by atoms with Gasteiger partial charge in [-0.15, -0.1) is 0 Å². The molecule has 0 aliphatic carbocycles. The van der Waals surface area contributed by atoms with Crippen LogP contribution >= 0.6 is 0 Å². The molecular weight excluding hydrogens is 422 g/mol. The summed E-state index contributed by atoms with van der Waals surface area (Å²) in [6, 6.07) is 7.53. The summed E-state index contributed by atoms with van der Waals surface area (Å²) in [5, 5.41) is 22.7. The molecule has 0 bridgehead atoms. The fourth-order valence-corrected chi connectivity index (χ4v) is 5.99. The number of likely N-dealkylation sites (N-methyl/N-ethyl adjacent to an activating group) is 1. The lowest BCUT2D eigenvalue weighted by atomic mass is 9.76. The zero-order chi connectivity index (χ0) is 24.0. The number of β-lactam (4-membered cyclic amide) rings is 1. The fourth-order valence-electron chi connectivity index (χ4n) is 5.99. The van der Waals surface area contributed by atoms with E-state index in [9.17, 15) is 24.6 Å². The van der Waals surface area contributed by atoms with Gasteiger partial charge in [-0.2, -0.15) is 0 Å². The minimum absolute atomic E-state index is 0.0360. The maximum atomic E-state index is 12.7. The van der Waals surface area contributed by atoms with Crippen molar-refractivity contribution < 1.29 is 24.6 Å². The highest BCUT2D eigenvalue weighted by atomic mass is 16.4. The van der Waals surface area contributed by atoms with Crippen molar-refractivity contribution in [2.75, 3.05) is 13.6 Å². The topological polar surface area (TPSA) is 110 Å². The normalized spacial score (nSPS) is 30.3. The van der Waals surface area contributed by atoms with Gasteiger partial charge in [-0.1, -0.05) is 31.2 Å². The predicted octanol–water partition coefficient (Wildman–Crippen LogP) is 1.52. The summed E-state index contributed by atoms with van der Waals surface area (Å²) in [5.41, 5.74) is 3.16. The van der Waals surface area contributed by atoms with Crippen LogP contribution in [0.4, 0.5) is 0 Å². The minimum atomic E-state index is -1.10. The number of rotatable bonds is 7. The standard InChI is InChI=1S/C25H33N3O5/c1-13-7-5-6-8-17(13)12-27-11-16(10-19(27)23(30)26-4)9-18-14(2)21-20(15(3)29)24(31)28(21)22(18)25(32)33/h5-8,14-16,19-21,29H,9-12H2,1-4H3,(H,26,30)(H,32,33). The fraction of sp³-hybridized carbons (Fsp3) is 0.560. The van der Waals surface area contributed by atoms with E-state index in [0.717, 1.165) is 5.57 Å². The van der Waals surface area contributed by atoms with E-state index in [1.807, 2.05) is 19.1 Å². The Bertz CT molecular complexity index is 1000. The van der Waals surface area contributed by atoms with E-state index >= 15 is 0 Å². The molecule has 33 heavy (non-hydrogen) atoms. The smallest absolute Gasteiger partial charge is 0.352 e. The second kappa shape index (κ2) is 8.91. The van der Waals surface area contributed by atoms with Crippen LogP contribution in [0.3, 0.4) is 0 Å². The number of benzene rings is 1. The highest BCUT2D eigenvalue weighted by Gasteiger charge is 2.60. The number of carboxylic acid groups (broad SMARTS) is 1. The molecule has 0 spiro atoms. The van der Waals surface area contributed by atoms with Gasteiger partial charge in [0.2, 0.25) is 11.8 Å². The quantitative estimate of drug-likeness (QED) is 0.538. The van der Waals surface area contributed by atoms with Gasteiger partial charge in [0.15, 0.2) is 0 Å². The lowest BCUT2D eigenvalue weighted by Crippen LogP contribution is -2.63. The number of carbonyl (C=O) groups excluding carboxylic acids is 2. The number of carbonyl (C=O) groups is 3. The molecule has 2 fully saturated rings. The SMILES string of the molecule is CNC(=O)C1CC(CC2=C(C(=O)O)N3C(=O)C(C(C)O)C3C2C)CN1Cc1ccccc1C. The Morgan fingerprint density at radius 3 is 2.58 bits per heavy atom. The maximum absolute atomic E-state index is 12.7. The molecule has 3 heterocycles. The van der Waals surface area contributed by atoms with E-state index in [2.05, 4.69) is 29.3 Å². The molecule has 6 atom stereocenters. The maximum Gasteiger partial charge on any atom is 0.352 e. The van der Waals surface area contributed by atoms with Crippen LogP contribution in [0.2, 0.25) is 0 Å². The van der Waals surface area contributed by atoms with Gasteiger partial charge in [0.05, 0.1) is 24.1 Å². The Labute approximate surface area is 194 Å². The minimum Gasteiger partial charge on any atom is -0.477 e. The summed E-state index contributed by atoms with van der Waals surface area (Å²) in [7, 11) is 1.64. The lowest BCUT2D eigenvalue weighted by molar-refractivity contribution is -0.163. The van der Waals surface area contributed by atoms with Crippen molar-refractivity contribution >= 4 is 17.8 Å². The van der Waals surface area contributed by atoms with Crippen LogP contribution in [0.15, 0.2) is 35.5 Å². The molecule has 4 rings (SSSR count). The zero-order valence-corrected chi connectivity index (χ0v) is 19.6. The Kier molecular flexibility index (Phi) is 6.33. The van der Waals surface area contributed by atoms with Crippen molar-refractivity contribution in [2.24, 2.45) is 17.8 Å². The molecule has 6 unspecified atom stereocenters. The van der Waals surface area contributed by atoms with Gasteiger partial charge in [-0.3, -0.25) is 14.5 Å². The van der Waals surface area contributed by atoms with Gasteiger partial charge in [-0.05, 0) is 49.3 Å². The molecule has 3 N–H and O–H groups in total. The molecule has 2 amide bonds. The van der Waals surface area contributed by atoms with E-state index in [1.54, 1.807) is 14.0 Å². The van der Waals surface area contributed by atoms with Crippen molar-refractivity contribution in [3.8, 4) is 0 Å². The Balaban J connectivity index is 1.57. The number of aryl methyl sites for hydroxylation is 1. The van der Waals surface area contributed by atoms with Crippen molar-refractivity contribution in [3.05, 3.63) is 46.7 Å². The molecule has 0 radical (unpaired) electrons. The predicted molar refractivity (Wildman–Crippen MR) is 122 cm³/mol. The van der Waals surface area contributed by atoms with Crippen LogP contribution in [0, 0.1) is 24.7 Å². The van der Waals surface area contributed by atoms with Crippen LogP contribution < -0.4 is 5.32 Å². The molecule has 8 nitrogen and oxygen atoms in total. The monoisotopic (exact) mass is 455 g/mol. The van der Waals surface area contributed by atoms with Crippen LogP contribution in [0.25, 0.3) is 0 Å². The first kappa shape index (κ1) is 23.4. The van der Waals surface area contributed by atoms with E-state index in [0.29, 0.717) is 25.9 Å². The molecule has 0 aromatic heterocycles. The summed E-state index contributed by atoms with van der Waals surface area (Å²) in [6.45, 7) is 6.91.